The van der Waals surface area contributed by atoms with E-state index >= 15 is 0 Å². The Kier molecular flexibility index (Phi) is 8.18. The molecule has 0 radical (unpaired) electrons. The van der Waals surface area contributed by atoms with E-state index < -0.39 is 0 Å². The van der Waals surface area contributed by atoms with Crippen LogP contribution in [0.4, 0.5) is 4.39 Å². The van der Waals surface area contributed by atoms with Gasteiger partial charge in [0.1, 0.15) is 5.82 Å². The number of benzene rings is 1. The van der Waals surface area contributed by atoms with Crippen LogP contribution in [0.2, 0.25) is 0 Å². The molecule has 0 heterocycles. The van der Waals surface area contributed by atoms with E-state index in [0.717, 1.165) is 19.3 Å². The Morgan fingerprint density at radius 2 is 1.95 bits per heavy atom. The predicted molar refractivity (Wildman–Crippen MR) is 84.9 cm³/mol. The van der Waals surface area contributed by atoms with Crippen molar-refractivity contribution in [2.45, 2.75) is 39.5 Å². The summed E-state index contributed by atoms with van der Waals surface area (Å²) in [6, 6.07) is 6.48. The van der Waals surface area contributed by atoms with Gasteiger partial charge in [-0.3, -0.25) is 9.59 Å². The summed E-state index contributed by atoms with van der Waals surface area (Å²) in [7, 11) is 0. The summed E-state index contributed by atoms with van der Waals surface area (Å²) in [6.45, 7) is 4.51. The molecule has 1 N–H and O–H groups in total. The summed E-state index contributed by atoms with van der Waals surface area (Å²) in [6.07, 6.45) is 3.51. The lowest BCUT2D eigenvalue weighted by Crippen LogP contribution is -2.41. The molecule has 0 aliphatic carbocycles. The Morgan fingerprint density at radius 3 is 2.59 bits per heavy atom. The molecule has 0 spiro atoms. The van der Waals surface area contributed by atoms with Crippen LogP contribution in [0.15, 0.2) is 24.3 Å². The van der Waals surface area contributed by atoms with Crippen LogP contribution in [0.5, 0.6) is 0 Å². The molecule has 0 bridgehead atoms. The predicted octanol–water partition coefficient (Wildman–Crippen LogP) is 2.52. The van der Waals surface area contributed by atoms with Crippen LogP contribution < -0.4 is 5.32 Å². The zero-order valence-corrected chi connectivity index (χ0v) is 13.4. The minimum absolute atomic E-state index is 0.0237. The molecule has 0 atom stereocenters. The standard InChI is InChI=1S/C17H25FN2O2/c1-3-4-7-11-19-17(22)13-20(14(2)21)12-10-15-8-5-6-9-16(15)18/h5-6,8-9H,3-4,7,10-13H2,1-2H3,(H,19,22). The third kappa shape index (κ3) is 6.70. The topological polar surface area (TPSA) is 49.4 Å². The van der Waals surface area contributed by atoms with Crippen molar-refractivity contribution in [3.63, 3.8) is 0 Å². The number of carbonyl (C=O) groups excluding carboxylic acids is 2. The van der Waals surface area contributed by atoms with Crippen molar-refractivity contribution in [2.24, 2.45) is 0 Å². The molecule has 122 valence electrons. The first-order chi connectivity index (χ1) is 10.5. The number of hydrogen-bond acceptors (Lipinski definition) is 2. The van der Waals surface area contributed by atoms with E-state index in [0.29, 0.717) is 25.1 Å². The Bertz CT molecular complexity index is 491. The van der Waals surface area contributed by atoms with Crippen molar-refractivity contribution in [3.05, 3.63) is 35.6 Å². The molecule has 1 aromatic rings. The van der Waals surface area contributed by atoms with E-state index in [1.807, 2.05) is 0 Å². The number of nitrogens with zero attached hydrogens (tertiary/aromatic N) is 1. The normalized spacial score (nSPS) is 10.3. The highest BCUT2D eigenvalue weighted by Gasteiger charge is 2.14. The molecular formula is C17H25FN2O2. The van der Waals surface area contributed by atoms with Gasteiger partial charge in [-0.25, -0.2) is 4.39 Å². The van der Waals surface area contributed by atoms with E-state index in [9.17, 15) is 14.0 Å². The van der Waals surface area contributed by atoms with E-state index in [1.54, 1.807) is 18.2 Å². The van der Waals surface area contributed by atoms with Crippen LogP contribution in [0.1, 0.15) is 38.7 Å². The van der Waals surface area contributed by atoms with Crippen LogP contribution >= 0.6 is 0 Å². The fourth-order valence-electron chi connectivity index (χ4n) is 2.14. The molecule has 1 rings (SSSR count). The van der Waals surface area contributed by atoms with Gasteiger partial charge in [0, 0.05) is 20.0 Å². The molecule has 0 saturated carbocycles. The van der Waals surface area contributed by atoms with Gasteiger partial charge >= 0.3 is 0 Å². The van der Waals surface area contributed by atoms with E-state index in [-0.39, 0.29) is 24.2 Å². The fourth-order valence-corrected chi connectivity index (χ4v) is 2.14. The van der Waals surface area contributed by atoms with Crippen LogP contribution in [0.25, 0.3) is 0 Å². The van der Waals surface area contributed by atoms with Gasteiger partial charge in [0.25, 0.3) is 0 Å². The van der Waals surface area contributed by atoms with Gasteiger partial charge in [-0.05, 0) is 24.5 Å². The first kappa shape index (κ1) is 18.1. The number of rotatable bonds is 9. The SMILES string of the molecule is CCCCCNC(=O)CN(CCc1ccccc1F)C(C)=O. The van der Waals surface area contributed by atoms with Crippen molar-refractivity contribution in [1.29, 1.82) is 0 Å². The van der Waals surface area contributed by atoms with Crippen molar-refractivity contribution in [1.82, 2.24) is 10.2 Å². The molecule has 2 amide bonds. The summed E-state index contributed by atoms with van der Waals surface area (Å²) in [5.74, 6) is -0.630. The fraction of sp³-hybridized carbons (Fsp3) is 0.529. The van der Waals surface area contributed by atoms with Gasteiger partial charge in [0.2, 0.25) is 11.8 Å². The molecule has 0 aliphatic heterocycles. The summed E-state index contributed by atoms with van der Waals surface area (Å²) >= 11 is 0. The lowest BCUT2D eigenvalue weighted by atomic mass is 10.1. The molecular weight excluding hydrogens is 283 g/mol. The van der Waals surface area contributed by atoms with E-state index in [4.69, 9.17) is 0 Å². The van der Waals surface area contributed by atoms with Gasteiger partial charge in [-0.2, -0.15) is 0 Å². The minimum Gasteiger partial charge on any atom is -0.355 e. The lowest BCUT2D eigenvalue weighted by Gasteiger charge is -2.20. The molecule has 0 aromatic heterocycles. The molecule has 0 saturated heterocycles. The number of carbonyl (C=O) groups is 2. The number of halogens is 1. The monoisotopic (exact) mass is 308 g/mol. The number of hydrogen-bond donors (Lipinski definition) is 1. The van der Waals surface area contributed by atoms with Crippen LogP contribution in [-0.2, 0) is 16.0 Å². The third-order valence-corrected chi connectivity index (χ3v) is 3.49. The summed E-state index contributed by atoms with van der Waals surface area (Å²) in [4.78, 5) is 24.9. The maximum Gasteiger partial charge on any atom is 0.239 e. The number of unbranched alkanes of at least 4 members (excludes halogenated alkanes) is 2. The second kappa shape index (κ2) is 9.92. The van der Waals surface area contributed by atoms with Crippen LogP contribution in [-0.4, -0.2) is 36.3 Å². The number of amides is 2. The summed E-state index contributed by atoms with van der Waals surface area (Å²) in [5, 5.41) is 2.81. The Hall–Kier alpha value is -1.91. The molecule has 22 heavy (non-hydrogen) atoms. The van der Waals surface area contributed by atoms with Gasteiger partial charge in [0.15, 0.2) is 0 Å². The van der Waals surface area contributed by atoms with E-state index in [2.05, 4.69) is 12.2 Å². The number of nitrogens with one attached hydrogen (secondary N) is 1. The zero-order valence-electron chi connectivity index (χ0n) is 13.4. The highest BCUT2D eigenvalue weighted by molar-refractivity contribution is 5.83. The van der Waals surface area contributed by atoms with E-state index in [1.165, 1.54) is 17.9 Å². The van der Waals surface area contributed by atoms with Gasteiger partial charge in [0.05, 0.1) is 6.54 Å². The highest BCUT2D eigenvalue weighted by Crippen LogP contribution is 2.08. The minimum atomic E-state index is -0.282. The van der Waals surface area contributed by atoms with Gasteiger partial charge < -0.3 is 10.2 Å². The largest absolute Gasteiger partial charge is 0.355 e. The van der Waals surface area contributed by atoms with Crippen molar-refractivity contribution < 1.29 is 14.0 Å². The maximum atomic E-state index is 13.6. The second-order valence-corrected chi connectivity index (χ2v) is 5.34. The van der Waals surface area contributed by atoms with Gasteiger partial charge in [-0.1, -0.05) is 38.0 Å². The molecule has 0 aliphatic rings. The first-order valence-electron chi connectivity index (χ1n) is 7.80. The quantitative estimate of drug-likeness (QED) is 0.713. The molecule has 1 aromatic carbocycles. The Labute approximate surface area is 131 Å². The second-order valence-electron chi connectivity index (χ2n) is 5.34. The Balaban J connectivity index is 2.43. The first-order valence-corrected chi connectivity index (χ1v) is 7.80. The molecule has 0 fully saturated rings. The average molecular weight is 308 g/mol. The molecule has 5 heteroatoms. The van der Waals surface area contributed by atoms with Crippen molar-refractivity contribution in [2.75, 3.05) is 19.6 Å². The van der Waals surface area contributed by atoms with Crippen LogP contribution in [0.3, 0.4) is 0 Å². The Morgan fingerprint density at radius 1 is 1.23 bits per heavy atom. The third-order valence-electron chi connectivity index (χ3n) is 3.49. The lowest BCUT2D eigenvalue weighted by molar-refractivity contribution is -0.134. The summed E-state index contributed by atoms with van der Waals surface area (Å²) in [5.41, 5.74) is 0.553. The smallest absolute Gasteiger partial charge is 0.239 e. The van der Waals surface area contributed by atoms with Crippen molar-refractivity contribution >= 4 is 11.8 Å². The molecule has 4 nitrogen and oxygen atoms in total. The molecule has 0 unspecified atom stereocenters. The summed E-state index contributed by atoms with van der Waals surface area (Å²) < 4.78 is 13.6. The maximum absolute atomic E-state index is 13.6. The average Bonchev–Trinajstić information content (AvgIpc) is 2.49. The van der Waals surface area contributed by atoms with Crippen molar-refractivity contribution in [3.8, 4) is 0 Å². The van der Waals surface area contributed by atoms with Gasteiger partial charge in [-0.15, -0.1) is 0 Å². The zero-order chi connectivity index (χ0) is 16.4. The highest BCUT2D eigenvalue weighted by atomic mass is 19.1. The van der Waals surface area contributed by atoms with Crippen LogP contribution in [0, 0.1) is 5.82 Å².